The first kappa shape index (κ1) is 30.1. The summed E-state index contributed by atoms with van der Waals surface area (Å²) in [5.41, 5.74) is 5.32. The van der Waals surface area contributed by atoms with E-state index in [-0.39, 0.29) is 12.0 Å². The Bertz CT molecular complexity index is 1290. The average molecular weight is 583 g/mol. The van der Waals surface area contributed by atoms with Crippen LogP contribution in [0.1, 0.15) is 86.3 Å². The molecule has 1 unspecified atom stereocenters. The molecular formula is C37H50N4O2. The molecule has 3 atom stereocenters. The van der Waals surface area contributed by atoms with E-state index in [1.165, 1.54) is 41.8 Å². The molecule has 3 heterocycles. The van der Waals surface area contributed by atoms with Gasteiger partial charge < -0.3 is 10.0 Å². The molecule has 2 aliphatic heterocycles. The lowest BCUT2D eigenvalue weighted by molar-refractivity contribution is -0.145. The Hall–Kier alpha value is -2.96. The second-order valence-electron chi connectivity index (χ2n) is 13.4. The fourth-order valence-electron chi connectivity index (χ4n) is 8.26. The summed E-state index contributed by atoms with van der Waals surface area (Å²) < 4.78 is 2.37. The van der Waals surface area contributed by atoms with Crippen molar-refractivity contribution in [2.45, 2.75) is 89.1 Å². The third-order valence-electron chi connectivity index (χ3n) is 10.6. The Morgan fingerprint density at radius 1 is 0.907 bits per heavy atom. The number of hydrogen-bond acceptors (Lipinski definition) is 4. The largest absolute Gasteiger partial charge is 0.480 e. The normalized spacial score (nSPS) is 23.5. The predicted octanol–water partition coefficient (Wildman–Crippen LogP) is 6.62. The lowest BCUT2D eigenvalue weighted by Crippen LogP contribution is -2.46. The van der Waals surface area contributed by atoms with Crippen molar-refractivity contribution in [3.05, 3.63) is 89.2 Å². The van der Waals surface area contributed by atoms with Crippen LogP contribution in [-0.2, 0) is 24.1 Å². The van der Waals surface area contributed by atoms with Crippen molar-refractivity contribution in [1.29, 1.82) is 0 Å². The van der Waals surface area contributed by atoms with Crippen molar-refractivity contribution < 1.29 is 9.90 Å². The van der Waals surface area contributed by atoms with Crippen LogP contribution in [0.15, 0.2) is 66.7 Å². The minimum atomic E-state index is -0.617. The van der Waals surface area contributed by atoms with Crippen molar-refractivity contribution in [3.8, 4) is 0 Å². The number of aromatic nitrogens is 2. The fraction of sp³-hybridized carbons (Fsp3) is 0.568. The van der Waals surface area contributed by atoms with Crippen LogP contribution in [0.2, 0.25) is 0 Å². The van der Waals surface area contributed by atoms with Gasteiger partial charge >= 0.3 is 5.97 Å². The molecule has 1 aromatic heterocycles. The molecule has 6 rings (SSSR count). The number of aryl methyl sites for hydroxylation is 3. The summed E-state index contributed by atoms with van der Waals surface area (Å²) in [7, 11) is 0. The number of benzene rings is 2. The molecule has 2 saturated heterocycles. The highest BCUT2D eigenvalue weighted by Crippen LogP contribution is 2.39. The van der Waals surface area contributed by atoms with Crippen LogP contribution >= 0.6 is 0 Å². The maximum atomic E-state index is 12.6. The zero-order valence-electron chi connectivity index (χ0n) is 26.0. The van der Waals surface area contributed by atoms with Gasteiger partial charge in [0.05, 0.1) is 11.7 Å². The molecule has 2 aromatic carbocycles. The number of nitrogens with zero attached hydrogens (tertiary/aromatic N) is 4. The Balaban J connectivity index is 1.11. The summed E-state index contributed by atoms with van der Waals surface area (Å²) in [5.74, 6) is 0.499. The number of carboxylic acid groups (broad SMARTS) is 1. The zero-order valence-corrected chi connectivity index (χ0v) is 26.0. The van der Waals surface area contributed by atoms with Crippen LogP contribution in [0, 0.1) is 11.8 Å². The average Bonchev–Trinajstić information content (AvgIpc) is 3.66. The Morgan fingerprint density at radius 3 is 2.28 bits per heavy atom. The number of hydrogen-bond donors (Lipinski definition) is 1. The second-order valence-corrected chi connectivity index (χ2v) is 13.4. The van der Waals surface area contributed by atoms with Gasteiger partial charge in [-0.05, 0) is 74.0 Å². The van der Waals surface area contributed by atoms with Crippen LogP contribution in [0.3, 0.4) is 0 Å². The molecule has 0 bridgehead atoms. The number of carbonyl (C=O) groups is 1. The summed E-state index contributed by atoms with van der Waals surface area (Å²) in [6, 6.07) is 24.1. The van der Waals surface area contributed by atoms with E-state index in [0.717, 1.165) is 77.7 Å². The third kappa shape index (κ3) is 7.24. The van der Waals surface area contributed by atoms with E-state index in [1.807, 2.05) is 0 Å². The Labute approximate surface area is 258 Å². The summed E-state index contributed by atoms with van der Waals surface area (Å²) in [5, 5.41) is 15.4. The van der Waals surface area contributed by atoms with Crippen LogP contribution in [0.25, 0.3) is 0 Å². The maximum Gasteiger partial charge on any atom is 0.321 e. The lowest BCUT2D eigenvalue weighted by atomic mass is 9.83. The van der Waals surface area contributed by atoms with E-state index in [1.54, 1.807) is 0 Å². The van der Waals surface area contributed by atoms with E-state index in [9.17, 15) is 9.90 Å². The van der Waals surface area contributed by atoms with Crippen molar-refractivity contribution >= 4 is 5.97 Å². The number of likely N-dealkylation sites (tertiary alicyclic amines) is 2. The molecule has 6 heteroatoms. The fourth-order valence-corrected chi connectivity index (χ4v) is 8.26. The summed E-state index contributed by atoms with van der Waals surface area (Å²) in [4.78, 5) is 17.6. The zero-order chi connectivity index (χ0) is 29.6. The van der Waals surface area contributed by atoms with Crippen molar-refractivity contribution in [2.24, 2.45) is 11.8 Å². The van der Waals surface area contributed by atoms with Gasteiger partial charge in [-0.2, -0.15) is 5.10 Å². The quantitative estimate of drug-likeness (QED) is 0.276. The SMILES string of the molecule is CCc1cc(CCc2ccccc2)n(C2CCN(C[C@H]3CN([C@@H](C(=O)O)C4CCCCC4)CC3c3ccccc3)CC2)n1. The molecule has 3 aromatic rings. The van der Waals surface area contributed by atoms with Gasteiger partial charge in [-0.1, -0.05) is 86.8 Å². The Kier molecular flexibility index (Phi) is 9.95. The molecule has 1 N–H and O–H groups in total. The molecule has 3 fully saturated rings. The second kappa shape index (κ2) is 14.2. The van der Waals surface area contributed by atoms with E-state index in [4.69, 9.17) is 5.10 Å². The summed E-state index contributed by atoms with van der Waals surface area (Å²) >= 11 is 0. The van der Waals surface area contributed by atoms with Gasteiger partial charge in [0.25, 0.3) is 0 Å². The Morgan fingerprint density at radius 2 is 1.60 bits per heavy atom. The number of piperidine rings is 1. The molecule has 3 aliphatic rings. The van der Waals surface area contributed by atoms with Gasteiger partial charge in [0.15, 0.2) is 0 Å². The molecule has 0 amide bonds. The predicted molar refractivity (Wildman–Crippen MR) is 172 cm³/mol. The van der Waals surface area contributed by atoms with Gasteiger partial charge in [-0.15, -0.1) is 0 Å². The molecule has 0 spiro atoms. The summed E-state index contributed by atoms with van der Waals surface area (Å²) in [6.45, 7) is 7.14. The minimum absolute atomic E-state index is 0.287. The molecule has 230 valence electrons. The van der Waals surface area contributed by atoms with Gasteiger partial charge in [0.1, 0.15) is 6.04 Å². The molecule has 1 saturated carbocycles. The molecular weight excluding hydrogens is 532 g/mol. The molecule has 43 heavy (non-hydrogen) atoms. The highest BCUT2D eigenvalue weighted by atomic mass is 16.4. The van der Waals surface area contributed by atoms with Crippen molar-refractivity contribution in [1.82, 2.24) is 19.6 Å². The topological polar surface area (TPSA) is 61.6 Å². The summed E-state index contributed by atoms with van der Waals surface area (Å²) in [6.07, 6.45) is 11.0. The van der Waals surface area contributed by atoms with E-state index < -0.39 is 5.97 Å². The smallest absolute Gasteiger partial charge is 0.321 e. The van der Waals surface area contributed by atoms with Gasteiger partial charge in [-0.3, -0.25) is 14.4 Å². The maximum absolute atomic E-state index is 12.6. The first-order valence-corrected chi connectivity index (χ1v) is 16.9. The van der Waals surface area contributed by atoms with Crippen LogP contribution in [-0.4, -0.2) is 69.4 Å². The molecule has 6 nitrogen and oxygen atoms in total. The third-order valence-corrected chi connectivity index (χ3v) is 10.6. The first-order chi connectivity index (χ1) is 21.1. The van der Waals surface area contributed by atoms with Gasteiger partial charge in [0.2, 0.25) is 0 Å². The highest BCUT2D eigenvalue weighted by Gasteiger charge is 2.43. The first-order valence-electron chi connectivity index (χ1n) is 16.9. The number of aliphatic carboxylic acids is 1. The van der Waals surface area contributed by atoms with Crippen LogP contribution in [0.4, 0.5) is 0 Å². The minimum Gasteiger partial charge on any atom is -0.480 e. The highest BCUT2D eigenvalue weighted by molar-refractivity contribution is 5.74. The number of rotatable bonds is 11. The monoisotopic (exact) mass is 582 g/mol. The van der Waals surface area contributed by atoms with Gasteiger partial charge in [0, 0.05) is 44.3 Å². The van der Waals surface area contributed by atoms with Crippen molar-refractivity contribution in [3.63, 3.8) is 0 Å². The van der Waals surface area contributed by atoms with Gasteiger partial charge in [-0.25, -0.2) is 0 Å². The molecule has 1 aliphatic carbocycles. The van der Waals surface area contributed by atoms with Crippen LogP contribution in [0.5, 0.6) is 0 Å². The number of carboxylic acids is 1. The van der Waals surface area contributed by atoms with E-state index in [2.05, 4.69) is 88.1 Å². The van der Waals surface area contributed by atoms with E-state index >= 15 is 0 Å². The lowest BCUT2D eigenvalue weighted by Gasteiger charge is -2.36. The van der Waals surface area contributed by atoms with Crippen LogP contribution < -0.4 is 0 Å². The molecule has 0 radical (unpaired) electrons. The standard InChI is InChI=1S/C37H50N4O2/c1-2-32-24-34(19-18-28-12-6-3-7-13-28)41(38-32)33-20-22-39(23-21-33)25-31-26-40(27-35(31)29-14-8-4-9-15-29)36(37(42)43)30-16-10-5-11-17-30/h3-4,6-9,12-15,24,30-31,33,35-36H,2,5,10-11,16-23,25-27H2,1H3,(H,42,43)/t31-,35?,36+/m0/s1. The van der Waals surface area contributed by atoms with E-state index in [0.29, 0.717) is 17.9 Å². The van der Waals surface area contributed by atoms with Crippen molar-refractivity contribution in [2.75, 3.05) is 32.7 Å².